The first-order chi connectivity index (χ1) is 10.8. The van der Waals surface area contributed by atoms with Crippen LogP contribution in [-0.2, 0) is 6.42 Å². The lowest BCUT2D eigenvalue weighted by Gasteiger charge is -2.26. The van der Waals surface area contributed by atoms with E-state index in [9.17, 15) is 5.26 Å². The van der Waals surface area contributed by atoms with Crippen LogP contribution in [0.1, 0.15) is 23.7 Å². The van der Waals surface area contributed by atoms with Crippen LogP contribution in [0.2, 0.25) is 0 Å². The van der Waals surface area contributed by atoms with Crippen LogP contribution in [0.4, 0.5) is 0 Å². The Morgan fingerprint density at radius 2 is 2.00 bits per heavy atom. The molecule has 0 amide bonds. The first kappa shape index (κ1) is 15.5. The summed E-state index contributed by atoms with van der Waals surface area (Å²) in [5.41, 5.74) is 7.90. The third kappa shape index (κ3) is 3.83. The molecule has 2 N–H and O–H groups in total. The van der Waals surface area contributed by atoms with Gasteiger partial charge < -0.3 is 5.73 Å². The minimum absolute atomic E-state index is 0.156. The van der Waals surface area contributed by atoms with Crippen LogP contribution in [0.15, 0.2) is 59.7 Å². The highest BCUT2D eigenvalue weighted by atomic mass is 15.3. The second kappa shape index (κ2) is 7.79. The molecule has 1 heterocycles. The van der Waals surface area contributed by atoms with Crippen LogP contribution < -0.4 is 5.73 Å². The van der Waals surface area contributed by atoms with Crippen molar-refractivity contribution in [3.8, 4) is 6.19 Å². The van der Waals surface area contributed by atoms with Gasteiger partial charge in [-0.2, -0.15) is 5.26 Å². The Kier molecular flexibility index (Phi) is 5.50. The van der Waals surface area contributed by atoms with Crippen molar-refractivity contribution in [1.82, 2.24) is 9.88 Å². The fourth-order valence-electron chi connectivity index (χ4n) is 2.34. The minimum Gasteiger partial charge on any atom is -0.369 e. The standard InChI is InChI=1S/C17H19N5/c1-20-17(19)22(13-18)16(14-7-3-2-4-8-14)11-10-15-9-5-6-12-21-15/h2-9,12,16H,10-11H2,1H3,(H2,19,20). The third-order valence-corrected chi connectivity index (χ3v) is 3.48. The SMILES string of the molecule is CN=C(N)N(C#N)C(CCc1ccccn1)c1ccccc1. The lowest BCUT2D eigenvalue weighted by Crippen LogP contribution is -2.36. The van der Waals surface area contributed by atoms with Gasteiger partial charge in [-0.25, -0.2) is 4.90 Å². The zero-order chi connectivity index (χ0) is 15.8. The molecule has 1 aromatic carbocycles. The molecule has 0 aliphatic carbocycles. The normalized spacial score (nSPS) is 12.5. The molecule has 0 radical (unpaired) electrons. The van der Waals surface area contributed by atoms with E-state index in [-0.39, 0.29) is 12.0 Å². The van der Waals surface area contributed by atoms with Crippen LogP contribution in [-0.4, -0.2) is 22.9 Å². The molecule has 22 heavy (non-hydrogen) atoms. The first-order valence-corrected chi connectivity index (χ1v) is 7.12. The van der Waals surface area contributed by atoms with Gasteiger partial charge in [0, 0.05) is 18.9 Å². The molecule has 0 spiro atoms. The van der Waals surface area contributed by atoms with Gasteiger partial charge in [0.2, 0.25) is 5.96 Å². The topological polar surface area (TPSA) is 78.3 Å². The molecule has 5 nitrogen and oxygen atoms in total. The number of aryl methyl sites for hydroxylation is 1. The summed E-state index contributed by atoms with van der Waals surface area (Å²) in [6, 6.07) is 15.5. The summed E-state index contributed by atoms with van der Waals surface area (Å²) in [5, 5.41) is 9.46. The molecule has 0 aliphatic heterocycles. The van der Waals surface area contributed by atoms with Crippen molar-refractivity contribution in [2.24, 2.45) is 10.7 Å². The number of pyridine rings is 1. The number of hydrogen-bond donors (Lipinski definition) is 1. The Labute approximate surface area is 130 Å². The predicted molar refractivity (Wildman–Crippen MR) is 86.7 cm³/mol. The van der Waals surface area contributed by atoms with Crippen LogP contribution >= 0.6 is 0 Å². The summed E-state index contributed by atoms with van der Waals surface area (Å²) in [7, 11) is 1.58. The highest BCUT2D eigenvalue weighted by Crippen LogP contribution is 2.25. The number of nitriles is 1. The summed E-state index contributed by atoms with van der Waals surface area (Å²) >= 11 is 0. The van der Waals surface area contributed by atoms with Gasteiger partial charge in [0.05, 0.1) is 6.04 Å². The van der Waals surface area contributed by atoms with Crippen LogP contribution in [0.3, 0.4) is 0 Å². The zero-order valence-corrected chi connectivity index (χ0v) is 12.6. The fourth-order valence-corrected chi connectivity index (χ4v) is 2.34. The molecule has 0 saturated carbocycles. The molecule has 112 valence electrons. The summed E-state index contributed by atoms with van der Waals surface area (Å²) in [6.07, 6.45) is 5.41. The molecule has 0 fully saturated rings. The van der Waals surface area contributed by atoms with E-state index in [2.05, 4.69) is 16.2 Å². The van der Waals surface area contributed by atoms with Crippen molar-refractivity contribution in [1.29, 1.82) is 5.26 Å². The van der Waals surface area contributed by atoms with E-state index < -0.39 is 0 Å². The molecule has 2 rings (SSSR count). The van der Waals surface area contributed by atoms with E-state index in [4.69, 9.17) is 5.73 Å². The second-order valence-corrected chi connectivity index (χ2v) is 4.84. The largest absolute Gasteiger partial charge is 0.369 e. The van der Waals surface area contributed by atoms with Crippen molar-refractivity contribution in [2.45, 2.75) is 18.9 Å². The number of rotatable bonds is 5. The summed E-state index contributed by atoms with van der Waals surface area (Å²) in [6.45, 7) is 0. The molecular formula is C17H19N5. The quantitative estimate of drug-likeness (QED) is 0.397. The maximum Gasteiger partial charge on any atom is 0.205 e. The molecule has 2 aromatic rings. The van der Waals surface area contributed by atoms with E-state index in [1.165, 1.54) is 4.90 Å². The van der Waals surface area contributed by atoms with Crippen molar-refractivity contribution in [3.63, 3.8) is 0 Å². The van der Waals surface area contributed by atoms with Gasteiger partial charge in [-0.05, 0) is 30.5 Å². The molecule has 1 unspecified atom stereocenters. The maximum absolute atomic E-state index is 9.46. The number of hydrogen-bond acceptors (Lipinski definition) is 3. The van der Waals surface area contributed by atoms with Gasteiger partial charge in [0.1, 0.15) is 0 Å². The summed E-state index contributed by atoms with van der Waals surface area (Å²) in [4.78, 5) is 9.73. The van der Waals surface area contributed by atoms with Crippen molar-refractivity contribution >= 4 is 5.96 Å². The van der Waals surface area contributed by atoms with Crippen molar-refractivity contribution in [3.05, 3.63) is 66.0 Å². The Bertz CT molecular complexity index is 646. The lowest BCUT2D eigenvalue weighted by molar-refractivity contribution is 0.395. The van der Waals surface area contributed by atoms with Crippen molar-refractivity contribution in [2.75, 3.05) is 7.05 Å². The van der Waals surface area contributed by atoms with E-state index >= 15 is 0 Å². The number of guanidine groups is 1. The number of aromatic nitrogens is 1. The number of nitrogens with two attached hydrogens (primary N) is 1. The molecule has 1 atom stereocenters. The second-order valence-electron chi connectivity index (χ2n) is 4.84. The van der Waals surface area contributed by atoms with Crippen LogP contribution in [0, 0.1) is 11.5 Å². The van der Waals surface area contributed by atoms with Gasteiger partial charge >= 0.3 is 0 Å². The zero-order valence-electron chi connectivity index (χ0n) is 12.6. The van der Waals surface area contributed by atoms with E-state index in [1.807, 2.05) is 48.5 Å². The molecule has 0 aliphatic rings. The number of nitrogens with zero attached hydrogens (tertiary/aromatic N) is 4. The average molecular weight is 293 g/mol. The predicted octanol–water partition coefficient (Wildman–Crippen LogP) is 2.48. The van der Waals surface area contributed by atoms with E-state index in [0.717, 1.165) is 24.1 Å². The average Bonchev–Trinajstić information content (AvgIpc) is 2.59. The summed E-state index contributed by atoms with van der Waals surface area (Å²) < 4.78 is 0. The number of benzene rings is 1. The van der Waals surface area contributed by atoms with Gasteiger partial charge in [0.15, 0.2) is 6.19 Å². The lowest BCUT2D eigenvalue weighted by atomic mass is 9.99. The van der Waals surface area contributed by atoms with Gasteiger partial charge in [0.25, 0.3) is 0 Å². The van der Waals surface area contributed by atoms with Crippen LogP contribution in [0.25, 0.3) is 0 Å². The third-order valence-electron chi connectivity index (χ3n) is 3.48. The Morgan fingerprint density at radius 1 is 1.27 bits per heavy atom. The number of aliphatic imine (C=N–C) groups is 1. The molecule has 5 heteroatoms. The molecule has 1 aromatic heterocycles. The first-order valence-electron chi connectivity index (χ1n) is 7.12. The minimum atomic E-state index is -0.156. The van der Waals surface area contributed by atoms with Gasteiger partial charge in [-0.3, -0.25) is 9.98 Å². The Morgan fingerprint density at radius 3 is 2.59 bits per heavy atom. The highest BCUT2D eigenvalue weighted by Gasteiger charge is 2.22. The van der Waals surface area contributed by atoms with E-state index in [0.29, 0.717) is 0 Å². The Hall–Kier alpha value is -2.87. The van der Waals surface area contributed by atoms with Crippen LogP contribution in [0.5, 0.6) is 0 Å². The smallest absolute Gasteiger partial charge is 0.205 e. The summed E-state index contributed by atoms with van der Waals surface area (Å²) in [5.74, 6) is 0.220. The monoisotopic (exact) mass is 293 g/mol. The maximum atomic E-state index is 9.46. The molecule has 0 bridgehead atoms. The van der Waals surface area contributed by atoms with Gasteiger partial charge in [-0.1, -0.05) is 36.4 Å². The Balaban J connectivity index is 2.24. The van der Waals surface area contributed by atoms with Gasteiger partial charge in [-0.15, -0.1) is 0 Å². The molecule has 0 saturated heterocycles. The van der Waals surface area contributed by atoms with Crippen molar-refractivity contribution < 1.29 is 0 Å². The van der Waals surface area contributed by atoms with E-state index in [1.54, 1.807) is 13.2 Å². The molecular weight excluding hydrogens is 274 g/mol. The highest BCUT2D eigenvalue weighted by molar-refractivity contribution is 5.80. The fraction of sp³-hybridized carbons (Fsp3) is 0.235.